The molecule has 0 bridgehead atoms. The second-order valence-corrected chi connectivity index (χ2v) is 6.28. The minimum absolute atomic E-state index is 0.173. The van der Waals surface area contributed by atoms with Gasteiger partial charge in [-0.3, -0.25) is 4.79 Å². The van der Waals surface area contributed by atoms with Gasteiger partial charge in [-0.1, -0.05) is 0 Å². The summed E-state index contributed by atoms with van der Waals surface area (Å²) in [5.74, 6) is 1.41. The summed E-state index contributed by atoms with van der Waals surface area (Å²) in [6.45, 7) is 0.559. The van der Waals surface area contributed by atoms with Crippen LogP contribution in [0.25, 0.3) is 0 Å². The van der Waals surface area contributed by atoms with Crippen molar-refractivity contribution in [2.45, 2.75) is 24.5 Å². The van der Waals surface area contributed by atoms with Gasteiger partial charge in [0, 0.05) is 11.7 Å². The van der Waals surface area contributed by atoms with Crippen LogP contribution in [-0.4, -0.2) is 18.1 Å². The molecule has 16 heavy (non-hydrogen) atoms. The number of rotatable bonds is 2. The van der Waals surface area contributed by atoms with Crippen molar-refractivity contribution in [3.63, 3.8) is 0 Å². The lowest BCUT2D eigenvalue weighted by Gasteiger charge is -2.12. The molecule has 3 heterocycles. The molecule has 1 unspecified atom stereocenters. The number of hydrogen-bond acceptors (Lipinski definition) is 4. The highest BCUT2D eigenvalue weighted by atomic mass is 32.2. The third-order valence-corrected chi connectivity index (χ3v) is 5.35. The number of thiophene rings is 1. The first-order valence-electron chi connectivity index (χ1n) is 5.58. The van der Waals surface area contributed by atoms with E-state index >= 15 is 0 Å². The standard InChI is InChI=1S/C12H13O2S2/c13-9-3-5-14-11(9)12-8(4-7-16-12)10-2-1-6-15-10/h4,7,10H,1-3,5-6H2. The van der Waals surface area contributed by atoms with Crippen LogP contribution in [0, 0.1) is 6.10 Å². The summed E-state index contributed by atoms with van der Waals surface area (Å²) in [7, 11) is 0. The Labute approximate surface area is 103 Å². The number of Topliss-reactive ketones (excluding diaryl/α,β-unsaturated/α-hetero) is 1. The summed E-state index contributed by atoms with van der Waals surface area (Å²) < 4.78 is 5.48. The zero-order valence-electron chi connectivity index (χ0n) is 8.90. The SMILES string of the molecule is O=C1CCO[C]1c1sccc1C1CCCS1. The van der Waals surface area contributed by atoms with Crippen molar-refractivity contribution in [2.75, 3.05) is 12.4 Å². The molecular weight excluding hydrogens is 240 g/mol. The Balaban J connectivity index is 1.89. The number of carbonyl (C=O) groups is 1. The van der Waals surface area contributed by atoms with E-state index in [-0.39, 0.29) is 5.78 Å². The molecule has 2 nitrogen and oxygen atoms in total. The molecule has 3 rings (SSSR count). The van der Waals surface area contributed by atoms with Crippen molar-refractivity contribution in [3.8, 4) is 0 Å². The first-order valence-corrected chi connectivity index (χ1v) is 7.51. The molecule has 0 aliphatic carbocycles. The highest BCUT2D eigenvalue weighted by molar-refractivity contribution is 7.99. The molecule has 0 aromatic carbocycles. The monoisotopic (exact) mass is 253 g/mol. The molecule has 1 aromatic rings. The van der Waals surface area contributed by atoms with Gasteiger partial charge in [-0.2, -0.15) is 11.8 Å². The molecular formula is C12H13O2S2. The van der Waals surface area contributed by atoms with E-state index in [1.807, 2.05) is 11.8 Å². The molecule has 85 valence electrons. The van der Waals surface area contributed by atoms with E-state index in [2.05, 4.69) is 11.4 Å². The van der Waals surface area contributed by atoms with E-state index in [9.17, 15) is 4.79 Å². The third kappa shape index (κ3) is 1.83. The van der Waals surface area contributed by atoms with Crippen LogP contribution < -0.4 is 0 Å². The largest absolute Gasteiger partial charge is 0.357 e. The molecule has 0 saturated carbocycles. The first-order chi connectivity index (χ1) is 7.86. The van der Waals surface area contributed by atoms with Crippen molar-refractivity contribution in [3.05, 3.63) is 28.0 Å². The van der Waals surface area contributed by atoms with Crippen LogP contribution in [0.2, 0.25) is 0 Å². The maximum absolute atomic E-state index is 11.7. The number of hydrogen-bond donors (Lipinski definition) is 0. The van der Waals surface area contributed by atoms with Crippen molar-refractivity contribution >= 4 is 28.9 Å². The lowest BCUT2D eigenvalue weighted by Crippen LogP contribution is -2.08. The first kappa shape index (κ1) is 10.8. The van der Waals surface area contributed by atoms with Gasteiger partial charge in [-0.15, -0.1) is 11.3 Å². The van der Waals surface area contributed by atoms with Crippen LogP contribution in [0.15, 0.2) is 11.4 Å². The molecule has 4 heteroatoms. The molecule has 2 saturated heterocycles. The molecule has 0 spiro atoms. The zero-order chi connectivity index (χ0) is 11.0. The van der Waals surface area contributed by atoms with Crippen molar-refractivity contribution in [1.29, 1.82) is 0 Å². The average Bonchev–Trinajstić information content (AvgIpc) is 2.95. The Morgan fingerprint density at radius 1 is 1.44 bits per heavy atom. The van der Waals surface area contributed by atoms with Crippen LogP contribution >= 0.6 is 23.1 Å². The van der Waals surface area contributed by atoms with Gasteiger partial charge in [-0.25, -0.2) is 0 Å². The molecule has 2 aliphatic rings. The van der Waals surface area contributed by atoms with Gasteiger partial charge in [0.05, 0.1) is 11.5 Å². The highest BCUT2D eigenvalue weighted by Gasteiger charge is 2.34. The van der Waals surface area contributed by atoms with Gasteiger partial charge in [-0.05, 0) is 35.6 Å². The van der Waals surface area contributed by atoms with E-state index in [0.717, 1.165) is 4.88 Å². The highest BCUT2D eigenvalue weighted by Crippen LogP contribution is 2.45. The zero-order valence-corrected chi connectivity index (χ0v) is 10.5. The lowest BCUT2D eigenvalue weighted by atomic mass is 10.0. The Hall–Kier alpha value is -0.320. The number of thioether (sulfide) groups is 1. The summed E-state index contributed by atoms with van der Waals surface area (Å²) in [4.78, 5) is 12.8. The molecule has 1 aromatic heterocycles. The summed E-state index contributed by atoms with van der Waals surface area (Å²) in [5.41, 5.74) is 1.32. The number of ether oxygens (including phenoxy) is 1. The fourth-order valence-electron chi connectivity index (χ4n) is 2.21. The average molecular weight is 253 g/mol. The van der Waals surface area contributed by atoms with Gasteiger partial charge >= 0.3 is 0 Å². The van der Waals surface area contributed by atoms with Gasteiger partial charge in [0.25, 0.3) is 0 Å². The Bertz CT molecular complexity index is 393. The fourth-order valence-corrected chi connectivity index (χ4v) is 4.59. The summed E-state index contributed by atoms with van der Waals surface area (Å²) >= 11 is 3.64. The van der Waals surface area contributed by atoms with Crippen LogP contribution in [0.3, 0.4) is 0 Å². The minimum Gasteiger partial charge on any atom is -0.357 e. The van der Waals surface area contributed by atoms with Gasteiger partial charge in [0.2, 0.25) is 6.10 Å². The van der Waals surface area contributed by atoms with E-state index in [0.29, 0.717) is 24.4 Å². The second-order valence-electron chi connectivity index (χ2n) is 4.06. The summed E-state index contributed by atoms with van der Waals surface area (Å²) in [6.07, 6.45) is 3.69. The maximum Gasteiger partial charge on any atom is 0.201 e. The van der Waals surface area contributed by atoms with E-state index in [1.54, 1.807) is 11.3 Å². The van der Waals surface area contributed by atoms with Crippen LogP contribution in [0.1, 0.15) is 35.0 Å². The predicted octanol–water partition coefficient (Wildman–Crippen LogP) is 3.19. The Morgan fingerprint density at radius 3 is 3.06 bits per heavy atom. The van der Waals surface area contributed by atoms with Crippen LogP contribution in [0.4, 0.5) is 0 Å². The third-order valence-electron chi connectivity index (χ3n) is 3.01. The molecule has 0 amide bonds. The molecule has 2 fully saturated rings. The van der Waals surface area contributed by atoms with Crippen molar-refractivity contribution in [2.24, 2.45) is 0 Å². The maximum atomic E-state index is 11.7. The van der Waals surface area contributed by atoms with Crippen molar-refractivity contribution in [1.82, 2.24) is 0 Å². The lowest BCUT2D eigenvalue weighted by molar-refractivity contribution is -0.116. The van der Waals surface area contributed by atoms with Crippen LogP contribution in [-0.2, 0) is 9.53 Å². The van der Waals surface area contributed by atoms with Gasteiger partial charge in [0.1, 0.15) is 0 Å². The molecule has 1 radical (unpaired) electrons. The van der Waals surface area contributed by atoms with Crippen molar-refractivity contribution < 1.29 is 9.53 Å². The smallest absolute Gasteiger partial charge is 0.201 e. The molecule has 2 aliphatic heterocycles. The molecule has 1 atom stereocenters. The Kier molecular flexibility index (Phi) is 3.05. The topological polar surface area (TPSA) is 26.3 Å². The summed E-state index contributed by atoms with van der Waals surface area (Å²) in [6, 6.07) is 2.16. The second kappa shape index (κ2) is 4.51. The van der Waals surface area contributed by atoms with Crippen LogP contribution in [0.5, 0.6) is 0 Å². The minimum atomic E-state index is 0.173. The van der Waals surface area contributed by atoms with E-state index in [4.69, 9.17) is 4.74 Å². The quantitative estimate of drug-likeness (QED) is 0.809. The normalized spacial score (nSPS) is 26.8. The summed E-state index contributed by atoms with van der Waals surface area (Å²) in [5, 5.41) is 2.65. The van der Waals surface area contributed by atoms with Gasteiger partial charge in [0.15, 0.2) is 5.78 Å². The molecule has 0 N–H and O–H groups in total. The predicted molar refractivity (Wildman–Crippen MR) is 66.7 cm³/mol. The van der Waals surface area contributed by atoms with E-state index in [1.165, 1.54) is 24.2 Å². The van der Waals surface area contributed by atoms with E-state index < -0.39 is 0 Å². The number of ketones is 1. The number of carbonyl (C=O) groups excluding carboxylic acids is 1. The fraction of sp³-hybridized carbons (Fsp3) is 0.500. The Morgan fingerprint density at radius 2 is 2.38 bits per heavy atom. The van der Waals surface area contributed by atoms with Gasteiger partial charge < -0.3 is 4.74 Å².